The maximum absolute atomic E-state index is 12.6. The highest BCUT2D eigenvalue weighted by Gasteiger charge is 2.20. The second-order valence-corrected chi connectivity index (χ2v) is 7.62. The Kier molecular flexibility index (Phi) is 5.33. The molecule has 0 aliphatic carbocycles. The third-order valence-corrected chi connectivity index (χ3v) is 5.83. The molecule has 0 bridgehead atoms. The number of carbonyl (C=O) groups is 1. The van der Waals surface area contributed by atoms with Crippen LogP contribution in [0.2, 0.25) is 5.02 Å². The summed E-state index contributed by atoms with van der Waals surface area (Å²) in [5.41, 5.74) is 0.988. The Bertz CT molecular complexity index is 868. The van der Waals surface area contributed by atoms with Gasteiger partial charge in [0.15, 0.2) is 0 Å². The van der Waals surface area contributed by atoms with E-state index in [1.54, 1.807) is 25.1 Å². The van der Waals surface area contributed by atoms with Crippen LogP contribution >= 0.6 is 27.5 Å². The Balaban J connectivity index is 2.42. The molecule has 2 rings (SSSR count). The number of hydrogen-bond donors (Lipinski definition) is 1. The summed E-state index contributed by atoms with van der Waals surface area (Å²) in [6, 6.07) is 9.05. The molecule has 0 fully saturated rings. The van der Waals surface area contributed by atoms with Gasteiger partial charge >= 0.3 is 5.97 Å². The molecule has 2 aromatic carbocycles. The van der Waals surface area contributed by atoms with Crippen LogP contribution in [0.15, 0.2) is 45.8 Å². The first-order valence-corrected chi connectivity index (χ1v) is 9.07. The molecule has 0 saturated carbocycles. The topological polar surface area (TPSA) is 72.5 Å². The van der Waals surface area contributed by atoms with E-state index in [2.05, 4.69) is 25.4 Å². The van der Waals surface area contributed by atoms with E-state index in [1.807, 2.05) is 0 Å². The van der Waals surface area contributed by atoms with Crippen LogP contribution < -0.4 is 4.72 Å². The molecule has 0 heterocycles. The number of halogens is 2. The molecule has 1 N–H and O–H groups in total. The predicted molar refractivity (Wildman–Crippen MR) is 92.5 cm³/mol. The molecule has 2 aromatic rings. The lowest BCUT2D eigenvalue weighted by molar-refractivity contribution is 0.0600. The third-order valence-electron chi connectivity index (χ3n) is 3.07. The molecule has 0 saturated heterocycles. The molecule has 0 aliphatic rings. The fourth-order valence-corrected chi connectivity index (χ4v) is 3.65. The second-order valence-electron chi connectivity index (χ2n) is 4.71. The largest absolute Gasteiger partial charge is 0.465 e. The number of esters is 1. The lowest BCUT2D eigenvalue weighted by Gasteiger charge is -2.12. The molecule has 0 aliphatic heterocycles. The molecule has 0 unspecified atom stereocenters. The SMILES string of the molecule is COC(=O)c1ccc(C)c(S(=O)(=O)Nc2ccc(Br)c(Cl)c2)c1. The van der Waals surface area contributed by atoms with Crippen molar-refractivity contribution in [2.24, 2.45) is 0 Å². The number of carbonyl (C=O) groups excluding carboxylic acids is 1. The van der Waals surface area contributed by atoms with Gasteiger partial charge in [0.2, 0.25) is 0 Å². The first kappa shape index (κ1) is 17.8. The van der Waals surface area contributed by atoms with Crippen LogP contribution in [0.25, 0.3) is 0 Å². The first-order valence-electron chi connectivity index (χ1n) is 6.41. The molecule has 0 atom stereocenters. The van der Waals surface area contributed by atoms with E-state index < -0.39 is 16.0 Å². The molecule has 0 spiro atoms. The predicted octanol–water partition coefficient (Wildman–Crippen LogP) is 4.00. The maximum atomic E-state index is 12.6. The van der Waals surface area contributed by atoms with Gasteiger partial charge in [-0.25, -0.2) is 13.2 Å². The van der Waals surface area contributed by atoms with E-state index in [9.17, 15) is 13.2 Å². The second kappa shape index (κ2) is 6.90. The normalized spacial score (nSPS) is 11.1. The zero-order valence-corrected chi connectivity index (χ0v) is 15.4. The van der Waals surface area contributed by atoms with Gasteiger partial charge < -0.3 is 4.74 Å². The number of hydrogen-bond acceptors (Lipinski definition) is 4. The van der Waals surface area contributed by atoms with E-state index in [0.29, 0.717) is 20.7 Å². The molecule has 5 nitrogen and oxygen atoms in total. The average molecular weight is 419 g/mol. The van der Waals surface area contributed by atoms with Crippen LogP contribution in [0.3, 0.4) is 0 Å². The minimum absolute atomic E-state index is 0.000517. The number of methoxy groups -OCH3 is 1. The van der Waals surface area contributed by atoms with E-state index in [-0.39, 0.29) is 10.5 Å². The van der Waals surface area contributed by atoms with Crippen molar-refractivity contribution in [2.45, 2.75) is 11.8 Å². The van der Waals surface area contributed by atoms with Gasteiger partial charge in [0.05, 0.1) is 28.3 Å². The number of nitrogens with one attached hydrogen (secondary N) is 1. The molecule has 23 heavy (non-hydrogen) atoms. The van der Waals surface area contributed by atoms with Crippen molar-refractivity contribution in [1.82, 2.24) is 0 Å². The van der Waals surface area contributed by atoms with E-state index in [1.165, 1.54) is 25.3 Å². The quantitative estimate of drug-likeness (QED) is 0.762. The van der Waals surface area contributed by atoms with Crippen LogP contribution in [0, 0.1) is 6.92 Å². The summed E-state index contributed by atoms with van der Waals surface area (Å²) < 4.78 is 32.8. The lowest BCUT2D eigenvalue weighted by Crippen LogP contribution is -2.15. The van der Waals surface area contributed by atoms with E-state index in [4.69, 9.17) is 11.6 Å². The van der Waals surface area contributed by atoms with Gasteiger partial charge in [-0.1, -0.05) is 17.7 Å². The summed E-state index contributed by atoms with van der Waals surface area (Å²) in [6.45, 7) is 1.64. The van der Waals surface area contributed by atoms with Gasteiger partial charge in [-0.3, -0.25) is 4.72 Å². The fourth-order valence-electron chi connectivity index (χ4n) is 1.90. The van der Waals surface area contributed by atoms with Crippen molar-refractivity contribution in [3.63, 3.8) is 0 Å². The average Bonchev–Trinajstić information content (AvgIpc) is 2.50. The maximum Gasteiger partial charge on any atom is 0.337 e. The number of benzene rings is 2. The monoisotopic (exact) mass is 417 g/mol. The number of ether oxygens (including phenoxy) is 1. The van der Waals surface area contributed by atoms with Crippen molar-refractivity contribution in [3.8, 4) is 0 Å². The summed E-state index contributed by atoms with van der Waals surface area (Å²) in [7, 11) is -2.64. The molecular weight excluding hydrogens is 406 g/mol. The zero-order valence-electron chi connectivity index (χ0n) is 12.3. The summed E-state index contributed by atoms with van der Waals surface area (Å²) in [5, 5.41) is 0.380. The molecule has 122 valence electrons. The minimum atomic E-state index is -3.87. The summed E-state index contributed by atoms with van der Waals surface area (Å²) in [5.74, 6) is -0.604. The molecule has 0 radical (unpaired) electrons. The van der Waals surface area contributed by atoms with Gasteiger partial charge in [0.1, 0.15) is 0 Å². The van der Waals surface area contributed by atoms with Crippen molar-refractivity contribution >= 4 is 49.2 Å². The number of aryl methyl sites for hydroxylation is 1. The van der Waals surface area contributed by atoms with E-state index in [0.717, 1.165) is 0 Å². The highest BCUT2D eigenvalue weighted by molar-refractivity contribution is 9.10. The highest BCUT2D eigenvalue weighted by atomic mass is 79.9. The van der Waals surface area contributed by atoms with Crippen LogP contribution in [0.4, 0.5) is 5.69 Å². The summed E-state index contributed by atoms with van der Waals surface area (Å²) >= 11 is 9.20. The Morgan fingerprint density at radius 3 is 2.52 bits per heavy atom. The van der Waals surface area contributed by atoms with Gasteiger partial charge in [0.25, 0.3) is 10.0 Å². The van der Waals surface area contributed by atoms with Crippen LogP contribution in [-0.2, 0) is 14.8 Å². The fraction of sp³-hybridized carbons (Fsp3) is 0.133. The minimum Gasteiger partial charge on any atom is -0.465 e. The summed E-state index contributed by atoms with van der Waals surface area (Å²) in [6.07, 6.45) is 0. The van der Waals surface area contributed by atoms with Crippen LogP contribution in [0.5, 0.6) is 0 Å². The van der Waals surface area contributed by atoms with Crippen LogP contribution in [-0.4, -0.2) is 21.5 Å². The smallest absolute Gasteiger partial charge is 0.337 e. The van der Waals surface area contributed by atoms with Crippen molar-refractivity contribution < 1.29 is 17.9 Å². The Morgan fingerprint density at radius 1 is 1.22 bits per heavy atom. The Hall–Kier alpha value is -1.57. The molecule has 0 aromatic heterocycles. The van der Waals surface area contributed by atoms with E-state index >= 15 is 0 Å². The first-order chi connectivity index (χ1) is 10.7. The van der Waals surface area contributed by atoms with Crippen molar-refractivity contribution in [2.75, 3.05) is 11.8 Å². The number of rotatable bonds is 4. The van der Waals surface area contributed by atoms with Gasteiger partial charge in [-0.05, 0) is 58.7 Å². The highest BCUT2D eigenvalue weighted by Crippen LogP contribution is 2.27. The van der Waals surface area contributed by atoms with Gasteiger partial charge in [-0.2, -0.15) is 0 Å². The lowest BCUT2D eigenvalue weighted by atomic mass is 10.1. The van der Waals surface area contributed by atoms with Crippen molar-refractivity contribution in [1.29, 1.82) is 0 Å². The van der Waals surface area contributed by atoms with Crippen molar-refractivity contribution in [3.05, 3.63) is 57.0 Å². The van der Waals surface area contributed by atoms with Gasteiger partial charge in [-0.15, -0.1) is 0 Å². The number of anilines is 1. The number of sulfonamides is 1. The third kappa shape index (κ3) is 4.04. The van der Waals surface area contributed by atoms with Gasteiger partial charge in [0, 0.05) is 4.47 Å². The molecule has 0 amide bonds. The molecular formula is C15H13BrClNO4S. The van der Waals surface area contributed by atoms with Crippen LogP contribution in [0.1, 0.15) is 15.9 Å². The Labute approximate surface area is 147 Å². The molecule has 8 heteroatoms. The zero-order chi connectivity index (χ0) is 17.2. The Morgan fingerprint density at radius 2 is 1.91 bits per heavy atom. The standard InChI is InChI=1S/C15H13BrClNO4S/c1-9-3-4-10(15(19)22-2)7-14(9)23(20,21)18-11-5-6-12(16)13(17)8-11/h3-8,18H,1-2H3. The summed E-state index contributed by atoms with van der Waals surface area (Å²) in [4.78, 5) is 11.6.